The predicted molar refractivity (Wildman–Crippen MR) is 81.2 cm³/mol. The Labute approximate surface area is 123 Å². The van der Waals surface area contributed by atoms with Crippen LogP contribution < -0.4 is 5.32 Å². The van der Waals surface area contributed by atoms with E-state index in [0.29, 0.717) is 22.2 Å². The van der Waals surface area contributed by atoms with Gasteiger partial charge in [-0.3, -0.25) is 0 Å². The van der Waals surface area contributed by atoms with Crippen molar-refractivity contribution in [2.75, 3.05) is 5.32 Å². The van der Waals surface area contributed by atoms with Crippen molar-refractivity contribution in [1.82, 2.24) is 0 Å². The third kappa shape index (κ3) is 4.48. The second kappa shape index (κ2) is 7.68. The maximum absolute atomic E-state index is 10.7. The van der Waals surface area contributed by atoms with E-state index in [4.69, 9.17) is 29.6 Å². The third-order valence-corrected chi connectivity index (χ3v) is 2.86. The van der Waals surface area contributed by atoms with Crippen LogP contribution in [0.1, 0.15) is 12.5 Å². The summed E-state index contributed by atoms with van der Waals surface area (Å²) >= 11 is 12.1. The lowest BCUT2D eigenvalue weighted by molar-refractivity contribution is -0.107. The largest absolute Gasteiger partial charge is 0.353 e. The number of rotatable bonds is 5. The number of terminal acetylenes is 1. The molecule has 0 aliphatic carbocycles. The quantitative estimate of drug-likeness (QED) is 0.504. The standard InChI is InChI=1S/C15H13Cl2NO/c1-3-6-13(17)15(11(2)16)18-14-8-5-4-7-12(14)9-10-19/h1,4-8,10,18H,9H2,2H3/b13-6+,15-11-. The second-order valence-electron chi connectivity index (χ2n) is 3.72. The van der Waals surface area contributed by atoms with Gasteiger partial charge in [0.2, 0.25) is 0 Å². The highest BCUT2D eigenvalue weighted by atomic mass is 35.5. The van der Waals surface area contributed by atoms with Gasteiger partial charge in [-0.2, -0.15) is 0 Å². The highest BCUT2D eigenvalue weighted by Crippen LogP contribution is 2.25. The molecule has 0 heterocycles. The van der Waals surface area contributed by atoms with Gasteiger partial charge in [-0.05, 0) is 18.6 Å². The summed E-state index contributed by atoms with van der Waals surface area (Å²) in [4.78, 5) is 10.7. The molecule has 0 unspecified atom stereocenters. The zero-order chi connectivity index (χ0) is 14.3. The van der Waals surface area contributed by atoms with Crippen molar-refractivity contribution in [2.24, 2.45) is 0 Å². The molecule has 1 aromatic carbocycles. The number of hydrogen-bond donors (Lipinski definition) is 1. The molecule has 0 radical (unpaired) electrons. The van der Waals surface area contributed by atoms with E-state index in [1.165, 1.54) is 6.08 Å². The fourth-order valence-corrected chi connectivity index (χ4v) is 1.95. The number of halogens is 2. The van der Waals surface area contributed by atoms with Crippen molar-refractivity contribution in [3.8, 4) is 12.3 Å². The van der Waals surface area contributed by atoms with Gasteiger partial charge in [0.05, 0.1) is 10.7 Å². The molecule has 0 aliphatic heterocycles. The molecule has 0 saturated heterocycles. The summed E-state index contributed by atoms with van der Waals surface area (Å²) in [7, 11) is 0. The van der Waals surface area contributed by atoms with E-state index in [0.717, 1.165) is 17.5 Å². The number of carbonyl (C=O) groups is 1. The van der Waals surface area contributed by atoms with Gasteiger partial charge in [0.15, 0.2) is 0 Å². The van der Waals surface area contributed by atoms with Gasteiger partial charge in [-0.1, -0.05) is 47.3 Å². The molecule has 98 valence electrons. The minimum absolute atomic E-state index is 0.314. The van der Waals surface area contributed by atoms with Crippen molar-refractivity contribution < 1.29 is 4.79 Å². The van der Waals surface area contributed by atoms with Crippen LogP contribution in [0.15, 0.2) is 46.1 Å². The molecule has 0 spiro atoms. The van der Waals surface area contributed by atoms with Crippen LogP contribution in [-0.2, 0) is 11.2 Å². The first-order valence-corrected chi connectivity index (χ1v) is 6.32. The van der Waals surface area contributed by atoms with Crippen LogP contribution in [0.5, 0.6) is 0 Å². The van der Waals surface area contributed by atoms with E-state index in [-0.39, 0.29) is 0 Å². The van der Waals surface area contributed by atoms with Gasteiger partial charge in [0.25, 0.3) is 0 Å². The lowest BCUT2D eigenvalue weighted by atomic mass is 10.1. The number of hydrogen-bond acceptors (Lipinski definition) is 2. The molecule has 0 bridgehead atoms. The normalized spacial score (nSPS) is 12.4. The number of allylic oxidation sites excluding steroid dienone is 3. The summed E-state index contributed by atoms with van der Waals surface area (Å²) in [6.07, 6.45) is 7.76. The van der Waals surface area contributed by atoms with Gasteiger partial charge in [-0.25, -0.2) is 0 Å². The van der Waals surface area contributed by atoms with Crippen molar-refractivity contribution in [3.05, 3.63) is 51.7 Å². The summed E-state index contributed by atoms with van der Waals surface area (Å²) in [5, 5.41) is 3.94. The fourth-order valence-electron chi connectivity index (χ4n) is 1.50. The third-order valence-electron chi connectivity index (χ3n) is 2.37. The van der Waals surface area contributed by atoms with Gasteiger partial charge >= 0.3 is 0 Å². The van der Waals surface area contributed by atoms with E-state index in [2.05, 4.69) is 11.2 Å². The van der Waals surface area contributed by atoms with Crippen molar-refractivity contribution in [2.45, 2.75) is 13.3 Å². The minimum atomic E-state index is 0.314. The Morgan fingerprint density at radius 2 is 2.11 bits per heavy atom. The number of para-hydroxylation sites is 1. The molecule has 0 saturated carbocycles. The number of benzene rings is 1. The molecule has 1 N–H and O–H groups in total. The zero-order valence-corrected chi connectivity index (χ0v) is 11.9. The lowest BCUT2D eigenvalue weighted by Crippen LogP contribution is -2.04. The summed E-state index contributed by atoms with van der Waals surface area (Å²) < 4.78 is 0. The predicted octanol–water partition coefficient (Wildman–Crippen LogP) is 4.07. The zero-order valence-electron chi connectivity index (χ0n) is 10.4. The van der Waals surface area contributed by atoms with Crippen LogP contribution in [-0.4, -0.2) is 6.29 Å². The molecule has 0 amide bonds. The Morgan fingerprint density at radius 1 is 1.42 bits per heavy atom. The lowest BCUT2D eigenvalue weighted by Gasteiger charge is -2.14. The molecule has 0 aromatic heterocycles. The number of aldehydes is 1. The Hall–Kier alpha value is -1.69. The summed E-state index contributed by atoms with van der Waals surface area (Å²) in [5.41, 5.74) is 2.16. The van der Waals surface area contributed by atoms with Crippen molar-refractivity contribution in [3.63, 3.8) is 0 Å². The first-order valence-electron chi connectivity index (χ1n) is 5.57. The van der Waals surface area contributed by atoms with Gasteiger partial charge < -0.3 is 10.1 Å². The van der Waals surface area contributed by atoms with Gasteiger partial charge in [-0.15, -0.1) is 6.42 Å². The summed E-state index contributed by atoms with van der Waals surface area (Å²) in [6.45, 7) is 1.71. The van der Waals surface area contributed by atoms with Crippen LogP contribution in [0.3, 0.4) is 0 Å². The average molecular weight is 294 g/mol. The van der Waals surface area contributed by atoms with E-state index in [1.807, 2.05) is 24.3 Å². The topological polar surface area (TPSA) is 29.1 Å². The molecule has 0 aliphatic rings. The molecule has 1 aromatic rings. The maximum atomic E-state index is 10.7. The Morgan fingerprint density at radius 3 is 2.68 bits per heavy atom. The number of anilines is 1. The minimum Gasteiger partial charge on any atom is -0.353 e. The van der Waals surface area contributed by atoms with E-state index in [1.54, 1.807) is 6.92 Å². The Kier molecular flexibility index (Phi) is 6.21. The van der Waals surface area contributed by atoms with Gasteiger partial charge in [0.1, 0.15) is 6.29 Å². The first-order chi connectivity index (χ1) is 9.10. The molecule has 2 nitrogen and oxygen atoms in total. The number of nitrogens with one attached hydrogen (secondary N) is 1. The van der Waals surface area contributed by atoms with Crippen molar-refractivity contribution in [1.29, 1.82) is 0 Å². The number of carbonyl (C=O) groups excluding carboxylic acids is 1. The summed E-state index contributed by atoms with van der Waals surface area (Å²) in [5.74, 6) is 2.35. The monoisotopic (exact) mass is 293 g/mol. The van der Waals surface area contributed by atoms with Crippen LogP contribution in [0.4, 0.5) is 5.69 Å². The molecule has 1 rings (SSSR count). The molecule has 0 fully saturated rings. The molecular weight excluding hydrogens is 281 g/mol. The molecule has 4 heteroatoms. The Bertz CT molecular complexity index is 564. The summed E-state index contributed by atoms with van der Waals surface area (Å²) in [6, 6.07) is 7.42. The van der Waals surface area contributed by atoms with Crippen LogP contribution in [0.25, 0.3) is 0 Å². The van der Waals surface area contributed by atoms with Crippen LogP contribution in [0, 0.1) is 12.3 Å². The van der Waals surface area contributed by atoms with Crippen molar-refractivity contribution >= 4 is 35.2 Å². The average Bonchev–Trinajstić information content (AvgIpc) is 2.37. The fraction of sp³-hybridized carbons (Fsp3) is 0.133. The second-order valence-corrected chi connectivity index (χ2v) is 4.69. The maximum Gasteiger partial charge on any atom is 0.124 e. The van der Waals surface area contributed by atoms with E-state index in [9.17, 15) is 4.79 Å². The highest BCUT2D eigenvalue weighted by Gasteiger charge is 2.09. The first kappa shape index (κ1) is 15.4. The van der Waals surface area contributed by atoms with Gasteiger partial charge in [0, 0.05) is 23.2 Å². The smallest absolute Gasteiger partial charge is 0.124 e. The SMILES string of the molecule is C#C/C=C(Cl)\C(Nc1ccccc1CC=O)=C(/C)Cl. The Balaban J connectivity index is 3.13. The van der Waals surface area contributed by atoms with E-state index >= 15 is 0 Å². The molecule has 19 heavy (non-hydrogen) atoms. The highest BCUT2D eigenvalue weighted by molar-refractivity contribution is 6.36. The molecule has 0 atom stereocenters. The molecular formula is C15H13Cl2NO. The van der Waals surface area contributed by atoms with Crippen LogP contribution >= 0.6 is 23.2 Å². The van der Waals surface area contributed by atoms with Crippen LogP contribution in [0.2, 0.25) is 0 Å². The van der Waals surface area contributed by atoms with E-state index < -0.39 is 0 Å².